The van der Waals surface area contributed by atoms with E-state index >= 15 is 0 Å². The van der Waals surface area contributed by atoms with Crippen LogP contribution in [0, 0.1) is 16.7 Å². The molecule has 1 heterocycles. The Balaban J connectivity index is 2.29. The van der Waals surface area contributed by atoms with Gasteiger partial charge in [-0.2, -0.15) is 5.26 Å². The Kier molecular flexibility index (Phi) is 5.67. The molecule has 3 heteroatoms. The van der Waals surface area contributed by atoms with Gasteiger partial charge in [-0.1, -0.05) is 13.0 Å². The summed E-state index contributed by atoms with van der Waals surface area (Å²) in [5.74, 6) is 0. The maximum atomic E-state index is 8.93. The van der Waals surface area contributed by atoms with E-state index in [2.05, 4.69) is 35.8 Å². The molecule has 0 saturated carbocycles. The van der Waals surface area contributed by atoms with Crippen molar-refractivity contribution in [1.82, 2.24) is 5.32 Å². The smallest absolute Gasteiger partial charge is 0.0683 e. The number of nitrogens with one attached hydrogen (secondary N) is 1. The van der Waals surface area contributed by atoms with E-state index in [1.807, 2.05) is 25.2 Å². The van der Waals surface area contributed by atoms with Gasteiger partial charge in [-0.25, -0.2) is 0 Å². The second kappa shape index (κ2) is 6.78. The van der Waals surface area contributed by atoms with Crippen molar-refractivity contribution in [2.45, 2.75) is 46.1 Å². The van der Waals surface area contributed by atoms with Gasteiger partial charge in [0.25, 0.3) is 0 Å². The lowest BCUT2D eigenvalue weighted by atomic mass is 9.90. The van der Waals surface area contributed by atoms with E-state index in [1.54, 1.807) is 0 Å². The highest BCUT2D eigenvalue weighted by atomic mass is 32.1. The molecule has 1 aromatic rings. The standard InChI is InChI=1S/C14H22N2S/c1-4-12(13-7-5-10-17-13)16-9-6-8-14(2,3)11-15/h5,7,10,12,16H,4,6,8-9H2,1-3H3. The van der Waals surface area contributed by atoms with Crippen LogP contribution in [0.1, 0.15) is 51.0 Å². The lowest BCUT2D eigenvalue weighted by molar-refractivity contribution is 0.412. The summed E-state index contributed by atoms with van der Waals surface area (Å²) < 4.78 is 0. The topological polar surface area (TPSA) is 35.8 Å². The zero-order chi connectivity index (χ0) is 12.7. The minimum absolute atomic E-state index is 0.188. The van der Waals surface area contributed by atoms with Crippen LogP contribution < -0.4 is 5.32 Å². The molecule has 0 spiro atoms. The molecule has 0 aliphatic heterocycles. The van der Waals surface area contributed by atoms with Crippen LogP contribution >= 0.6 is 11.3 Å². The van der Waals surface area contributed by atoms with Crippen LogP contribution in [-0.2, 0) is 0 Å². The van der Waals surface area contributed by atoms with Crippen LogP contribution in [0.4, 0.5) is 0 Å². The Bertz CT molecular complexity index is 349. The molecule has 0 aliphatic carbocycles. The molecule has 0 bridgehead atoms. The molecule has 94 valence electrons. The molecule has 0 saturated heterocycles. The number of thiophene rings is 1. The summed E-state index contributed by atoms with van der Waals surface area (Å²) in [6.45, 7) is 7.20. The number of nitriles is 1. The maximum Gasteiger partial charge on any atom is 0.0683 e. The van der Waals surface area contributed by atoms with Crippen LogP contribution in [0.3, 0.4) is 0 Å². The molecule has 0 aliphatic rings. The monoisotopic (exact) mass is 250 g/mol. The zero-order valence-corrected chi connectivity index (χ0v) is 11.8. The third-order valence-electron chi connectivity index (χ3n) is 2.97. The average molecular weight is 250 g/mol. The fraction of sp³-hybridized carbons (Fsp3) is 0.643. The predicted octanol–water partition coefficient (Wildman–Crippen LogP) is 4.12. The van der Waals surface area contributed by atoms with Crippen LogP contribution in [0.5, 0.6) is 0 Å². The van der Waals surface area contributed by atoms with Gasteiger partial charge in [0.2, 0.25) is 0 Å². The Morgan fingerprint density at radius 1 is 1.53 bits per heavy atom. The fourth-order valence-corrected chi connectivity index (χ4v) is 2.68. The summed E-state index contributed by atoms with van der Waals surface area (Å²) in [6.07, 6.45) is 3.13. The molecule has 1 N–H and O–H groups in total. The molecule has 2 nitrogen and oxygen atoms in total. The van der Waals surface area contributed by atoms with E-state index < -0.39 is 0 Å². The number of hydrogen-bond donors (Lipinski definition) is 1. The summed E-state index contributed by atoms with van der Waals surface area (Å²) >= 11 is 1.81. The average Bonchev–Trinajstić information content (AvgIpc) is 2.83. The Morgan fingerprint density at radius 3 is 2.82 bits per heavy atom. The maximum absolute atomic E-state index is 8.93. The number of hydrogen-bond acceptors (Lipinski definition) is 3. The highest BCUT2D eigenvalue weighted by Crippen LogP contribution is 2.23. The summed E-state index contributed by atoms with van der Waals surface area (Å²) in [5.41, 5.74) is -0.188. The van der Waals surface area contributed by atoms with Crippen molar-refractivity contribution in [1.29, 1.82) is 5.26 Å². The van der Waals surface area contributed by atoms with Gasteiger partial charge in [-0.3, -0.25) is 0 Å². The molecule has 1 atom stereocenters. The largest absolute Gasteiger partial charge is 0.309 e. The predicted molar refractivity (Wildman–Crippen MR) is 74.0 cm³/mol. The van der Waals surface area contributed by atoms with Crippen molar-refractivity contribution in [3.8, 4) is 6.07 Å². The van der Waals surface area contributed by atoms with Gasteiger partial charge < -0.3 is 5.32 Å². The molecular formula is C14H22N2S. The van der Waals surface area contributed by atoms with Crippen molar-refractivity contribution in [3.05, 3.63) is 22.4 Å². The van der Waals surface area contributed by atoms with Crippen LogP contribution in [0.15, 0.2) is 17.5 Å². The molecular weight excluding hydrogens is 228 g/mol. The van der Waals surface area contributed by atoms with E-state index in [9.17, 15) is 0 Å². The Hall–Kier alpha value is -0.850. The van der Waals surface area contributed by atoms with Gasteiger partial charge in [0.1, 0.15) is 0 Å². The van der Waals surface area contributed by atoms with Gasteiger partial charge >= 0.3 is 0 Å². The van der Waals surface area contributed by atoms with E-state index in [-0.39, 0.29) is 5.41 Å². The summed E-state index contributed by atoms with van der Waals surface area (Å²) in [4.78, 5) is 1.41. The molecule has 0 fully saturated rings. The third-order valence-corrected chi connectivity index (χ3v) is 3.95. The first-order valence-corrected chi connectivity index (χ1v) is 7.15. The van der Waals surface area contributed by atoms with E-state index in [0.717, 1.165) is 25.8 Å². The minimum Gasteiger partial charge on any atom is -0.309 e. The van der Waals surface area contributed by atoms with Crippen LogP contribution in [0.2, 0.25) is 0 Å². The second-order valence-electron chi connectivity index (χ2n) is 5.03. The second-order valence-corrected chi connectivity index (χ2v) is 6.01. The Morgan fingerprint density at radius 2 is 2.29 bits per heavy atom. The summed E-state index contributed by atoms with van der Waals surface area (Å²) in [6, 6.07) is 7.10. The molecule has 17 heavy (non-hydrogen) atoms. The van der Waals surface area contributed by atoms with E-state index in [1.165, 1.54) is 4.88 Å². The number of nitrogens with zero attached hydrogens (tertiary/aromatic N) is 1. The van der Waals surface area contributed by atoms with Crippen LogP contribution in [-0.4, -0.2) is 6.54 Å². The molecule has 0 aromatic carbocycles. The SMILES string of the molecule is CCC(NCCCC(C)(C)C#N)c1cccs1. The quantitative estimate of drug-likeness (QED) is 0.739. The number of rotatable bonds is 7. The van der Waals surface area contributed by atoms with Crippen LogP contribution in [0.25, 0.3) is 0 Å². The van der Waals surface area contributed by atoms with Gasteiger partial charge in [0.05, 0.1) is 11.5 Å². The fourth-order valence-electron chi connectivity index (χ4n) is 1.80. The van der Waals surface area contributed by atoms with E-state index in [4.69, 9.17) is 5.26 Å². The van der Waals surface area contributed by atoms with E-state index in [0.29, 0.717) is 6.04 Å². The van der Waals surface area contributed by atoms with Crippen molar-refractivity contribution in [3.63, 3.8) is 0 Å². The Labute approximate surface area is 109 Å². The van der Waals surface area contributed by atoms with Gasteiger partial charge in [0, 0.05) is 10.9 Å². The lowest BCUT2D eigenvalue weighted by Gasteiger charge is -2.18. The van der Waals surface area contributed by atoms with Gasteiger partial charge in [0.15, 0.2) is 0 Å². The molecule has 0 amide bonds. The van der Waals surface area contributed by atoms with Crippen molar-refractivity contribution >= 4 is 11.3 Å². The van der Waals surface area contributed by atoms with Crippen molar-refractivity contribution in [2.75, 3.05) is 6.54 Å². The molecule has 1 unspecified atom stereocenters. The molecule has 1 rings (SSSR count). The third kappa shape index (κ3) is 4.89. The first kappa shape index (κ1) is 14.2. The summed E-state index contributed by atoms with van der Waals surface area (Å²) in [5, 5.41) is 14.6. The lowest BCUT2D eigenvalue weighted by Crippen LogP contribution is -2.22. The first-order valence-electron chi connectivity index (χ1n) is 6.27. The molecule has 0 radical (unpaired) electrons. The molecule has 1 aromatic heterocycles. The van der Waals surface area contributed by atoms with Gasteiger partial charge in [-0.15, -0.1) is 11.3 Å². The van der Waals surface area contributed by atoms with Crippen molar-refractivity contribution in [2.24, 2.45) is 5.41 Å². The first-order chi connectivity index (χ1) is 8.09. The van der Waals surface area contributed by atoms with Gasteiger partial charge in [-0.05, 0) is 51.1 Å². The normalized spacial score (nSPS) is 13.3. The zero-order valence-electron chi connectivity index (χ0n) is 11.0. The minimum atomic E-state index is -0.188. The van der Waals surface area contributed by atoms with Crippen molar-refractivity contribution < 1.29 is 0 Å². The summed E-state index contributed by atoms with van der Waals surface area (Å²) in [7, 11) is 0. The highest BCUT2D eigenvalue weighted by Gasteiger charge is 2.16. The highest BCUT2D eigenvalue weighted by molar-refractivity contribution is 7.10.